The topological polar surface area (TPSA) is 58.1 Å². The summed E-state index contributed by atoms with van der Waals surface area (Å²) < 4.78 is 0.837. The van der Waals surface area contributed by atoms with Crippen LogP contribution in [0, 0.1) is 0 Å². The quantitative estimate of drug-likeness (QED) is 0.748. The number of aromatic nitrogens is 2. The highest BCUT2D eigenvalue weighted by atomic mass is 32.2. The molecule has 0 radical (unpaired) electrons. The van der Waals surface area contributed by atoms with Gasteiger partial charge in [0.2, 0.25) is 11.0 Å². The molecule has 1 aliphatic rings. The van der Waals surface area contributed by atoms with Gasteiger partial charge in [0.05, 0.1) is 5.75 Å². The third kappa shape index (κ3) is 5.06. The third-order valence-corrected chi connectivity index (χ3v) is 5.96. The summed E-state index contributed by atoms with van der Waals surface area (Å²) in [6, 6.07) is 10.4. The number of carbonyl (C=O) groups excluding carboxylic acids is 1. The molecule has 3 rings (SSSR count). The smallest absolute Gasteiger partial charge is 0.233 e. The number of nitrogens with one attached hydrogen (secondary N) is 1. The molecule has 2 heterocycles. The zero-order valence-corrected chi connectivity index (χ0v) is 15.9. The van der Waals surface area contributed by atoms with Crippen LogP contribution in [0.2, 0.25) is 0 Å². The van der Waals surface area contributed by atoms with Crippen LogP contribution in [-0.4, -0.2) is 46.4 Å². The molecule has 0 fully saturated rings. The highest BCUT2D eigenvalue weighted by Crippen LogP contribution is 2.27. The van der Waals surface area contributed by atoms with E-state index < -0.39 is 0 Å². The molecule has 1 aromatic heterocycles. The minimum absolute atomic E-state index is 0.159. The number of hydrogen-bond donors (Lipinski definition) is 1. The molecule has 0 atom stereocenters. The summed E-state index contributed by atoms with van der Waals surface area (Å²) in [6.45, 7) is 4.46. The lowest BCUT2D eigenvalue weighted by atomic mass is 10.00. The molecular formula is C18H22N4OS2. The lowest BCUT2D eigenvalue weighted by Gasteiger charge is -2.26. The van der Waals surface area contributed by atoms with Gasteiger partial charge in [0.15, 0.2) is 4.34 Å². The molecule has 7 heteroatoms. The zero-order valence-electron chi connectivity index (χ0n) is 14.3. The van der Waals surface area contributed by atoms with E-state index >= 15 is 0 Å². The second-order valence-electron chi connectivity index (χ2n) is 5.77. The first kappa shape index (κ1) is 17.9. The lowest BCUT2D eigenvalue weighted by molar-refractivity contribution is -0.127. The molecular weight excluding hydrogens is 352 g/mol. The maximum absolute atomic E-state index is 12.4. The standard InChI is InChI=1S/C18H22N4OS2/c1-2-10-19-17-20-21-18(25-17)24-13-16(23)22-11-8-15(9-12-22)14-6-4-3-5-7-14/h3-8H,2,9-13H2,1H3,(H,19,20). The lowest BCUT2D eigenvalue weighted by Crippen LogP contribution is -2.35. The van der Waals surface area contributed by atoms with Crippen LogP contribution in [0.3, 0.4) is 0 Å². The fraction of sp³-hybridized carbons (Fsp3) is 0.389. The average molecular weight is 375 g/mol. The second kappa shape index (κ2) is 9.01. The molecule has 25 heavy (non-hydrogen) atoms. The SMILES string of the molecule is CCCNc1nnc(SCC(=O)N2CC=C(c3ccccc3)CC2)s1. The van der Waals surface area contributed by atoms with E-state index in [1.165, 1.54) is 34.2 Å². The Kier molecular flexibility index (Phi) is 6.47. The van der Waals surface area contributed by atoms with Crippen molar-refractivity contribution in [2.75, 3.05) is 30.7 Å². The molecule has 0 unspecified atom stereocenters. The van der Waals surface area contributed by atoms with Crippen molar-refractivity contribution in [3.05, 3.63) is 42.0 Å². The van der Waals surface area contributed by atoms with E-state index in [0.29, 0.717) is 12.3 Å². The van der Waals surface area contributed by atoms with Gasteiger partial charge in [0.25, 0.3) is 0 Å². The predicted molar refractivity (Wildman–Crippen MR) is 105 cm³/mol. The first-order chi connectivity index (χ1) is 12.3. The fourth-order valence-electron chi connectivity index (χ4n) is 2.60. The van der Waals surface area contributed by atoms with Gasteiger partial charge in [0, 0.05) is 19.6 Å². The van der Waals surface area contributed by atoms with E-state index in [4.69, 9.17) is 0 Å². The number of thioether (sulfide) groups is 1. The van der Waals surface area contributed by atoms with Crippen LogP contribution in [0.5, 0.6) is 0 Å². The highest BCUT2D eigenvalue weighted by Gasteiger charge is 2.18. The van der Waals surface area contributed by atoms with E-state index in [-0.39, 0.29) is 5.91 Å². The second-order valence-corrected chi connectivity index (χ2v) is 7.97. The first-order valence-electron chi connectivity index (χ1n) is 8.48. The normalized spacial score (nSPS) is 14.3. The molecule has 132 valence electrons. The minimum Gasteiger partial charge on any atom is -0.360 e. The fourth-order valence-corrected chi connectivity index (χ4v) is 4.28. The van der Waals surface area contributed by atoms with Gasteiger partial charge in [-0.3, -0.25) is 4.79 Å². The Morgan fingerprint density at radius 1 is 1.32 bits per heavy atom. The molecule has 0 saturated carbocycles. The van der Waals surface area contributed by atoms with Crippen molar-refractivity contribution < 1.29 is 4.79 Å². The number of carbonyl (C=O) groups is 1. The van der Waals surface area contributed by atoms with Gasteiger partial charge >= 0.3 is 0 Å². The van der Waals surface area contributed by atoms with Crippen molar-refractivity contribution in [2.24, 2.45) is 0 Å². The van der Waals surface area contributed by atoms with Crippen molar-refractivity contribution in [3.8, 4) is 0 Å². The molecule has 1 aromatic carbocycles. The number of hydrogen-bond acceptors (Lipinski definition) is 6. The van der Waals surface area contributed by atoms with Crippen LogP contribution in [0.25, 0.3) is 5.57 Å². The summed E-state index contributed by atoms with van der Waals surface area (Å²) in [5.74, 6) is 0.573. The summed E-state index contributed by atoms with van der Waals surface area (Å²) in [6.07, 6.45) is 4.12. The summed E-state index contributed by atoms with van der Waals surface area (Å²) in [7, 11) is 0. The first-order valence-corrected chi connectivity index (χ1v) is 10.3. The van der Waals surface area contributed by atoms with Crippen LogP contribution >= 0.6 is 23.1 Å². The van der Waals surface area contributed by atoms with Crippen LogP contribution in [0.4, 0.5) is 5.13 Å². The molecule has 2 aromatic rings. The highest BCUT2D eigenvalue weighted by molar-refractivity contribution is 8.01. The van der Waals surface area contributed by atoms with Gasteiger partial charge in [-0.15, -0.1) is 10.2 Å². The van der Waals surface area contributed by atoms with Gasteiger partial charge in [-0.1, -0.05) is 66.4 Å². The molecule has 0 saturated heterocycles. The molecule has 5 nitrogen and oxygen atoms in total. The van der Waals surface area contributed by atoms with E-state index in [2.05, 4.69) is 52.8 Å². The van der Waals surface area contributed by atoms with Gasteiger partial charge in [-0.25, -0.2) is 0 Å². The number of anilines is 1. The van der Waals surface area contributed by atoms with E-state index in [1.807, 2.05) is 11.0 Å². The Balaban J connectivity index is 1.48. The Morgan fingerprint density at radius 2 is 2.16 bits per heavy atom. The monoisotopic (exact) mass is 374 g/mol. The molecule has 1 aliphatic heterocycles. The van der Waals surface area contributed by atoms with Gasteiger partial charge in [0.1, 0.15) is 0 Å². The van der Waals surface area contributed by atoms with Gasteiger partial charge in [-0.05, 0) is 24.0 Å². The largest absolute Gasteiger partial charge is 0.360 e. The van der Waals surface area contributed by atoms with Crippen LogP contribution in [0.1, 0.15) is 25.3 Å². The Morgan fingerprint density at radius 3 is 2.88 bits per heavy atom. The van der Waals surface area contributed by atoms with E-state index in [1.54, 1.807) is 0 Å². The molecule has 0 spiro atoms. The average Bonchev–Trinajstić information content (AvgIpc) is 3.13. The van der Waals surface area contributed by atoms with Crippen molar-refractivity contribution in [1.29, 1.82) is 0 Å². The predicted octanol–water partition coefficient (Wildman–Crippen LogP) is 3.77. The summed E-state index contributed by atoms with van der Waals surface area (Å²) in [5.41, 5.74) is 2.58. The number of rotatable bonds is 7. The molecule has 1 N–H and O–H groups in total. The number of amides is 1. The van der Waals surface area contributed by atoms with Crippen molar-refractivity contribution in [1.82, 2.24) is 15.1 Å². The maximum atomic E-state index is 12.4. The van der Waals surface area contributed by atoms with Crippen molar-refractivity contribution >= 4 is 39.7 Å². The van der Waals surface area contributed by atoms with E-state index in [0.717, 1.165) is 35.4 Å². The Bertz CT molecular complexity index is 730. The van der Waals surface area contributed by atoms with Crippen LogP contribution in [0.15, 0.2) is 40.7 Å². The van der Waals surface area contributed by atoms with Crippen molar-refractivity contribution in [2.45, 2.75) is 24.1 Å². The molecule has 0 bridgehead atoms. The van der Waals surface area contributed by atoms with Gasteiger partial charge < -0.3 is 10.2 Å². The maximum Gasteiger partial charge on any atom is 0.233 e. The van der Waals surface area contributed by atoms with E-state index in [9.17, 15) is 4.79 Å². The minimum atomic E-state index is 0.159. The zero-order chi connectivity index (χ0) is 17.5. The molecule has 1 amide bonds. The number of benzene rings is 1. The van der Waals surface area contributed by atoms with Gasteiger partial charge in [-0.2, -0.15) is 0 Å². The van der Waals surface area contributed by atoms with Crippen LogP contribution in [-0.2, 0) is 4.79 Å². The molecule has 0 aliphatic carbocycles. The Hall–Kier alpha value is -1.86. The third-order valence-electron chi connectivity index (χ3n) is 3.96. The summed E-state index contributed by atoms with van der Waals surface area (Å²) in [4.78, 5) is 14.3. The Labute approximate surface area is 156 Å². The van der Waals surface area contributed by atoms with Crippen molar-refractivity contribution in [3.63, 3.8) is 0 Å². The summed E-state index contributed by atoms with van der Waals surface area (Å²) >= 11 is 2.97. The number of nitrogens with zero attached hydrogens (tertiary/aromatic N) is 3. The van der Waals surface area contributed by atoms with Crippen LogP contribution < -0.4 is 5.32 Å². The summed E-state index contributed by atoms with van der Waals surface area (Å²) in [5, 5.41) is 12.3.